The highest BCUT2D eigenvalue weighted by atomic mass is 16.6. The maximum atomic E-state index is 13.5. The smallest absolute Gasteiger partial charge is 0.415 e. The Hall–Kier alpha value is -2.86. The van der Waals surface area contributed by atoms with Gasteiger partial charge in [-0.15, -0.1) is 0 Å². The van der Waals surface area contributed by atoms with Crippen LogP contribution in [0.15, 0.2) is 54.6 Å². The summed E-state index contributed by atoms with van der Waals surface area (Å²) in [6.45, 7) is 3.48. The first-order chi connectivity index (χ1) is 17.4. The number of esters is 1. The summed E-state index contributed by atoms with van der Waals surface area (Å²) in [5, 5.41) is 0. The number of likely N-dealkylation sites (N-methyl/N-ethyl adjacent to an activating group) is 1. The topological polar surface area (TPSA) is 59.1 Å². The van der Waals surface area contributed by atoms with E-state index in [0.717, 1.165) is 50.8 Å². The van der Waals surface area contributed by atoms with Gasteiger partial charge in [0.15, 0.2) is 0 Å². The standard InChI is InChI=1S/C30H36N2O4/c1-31-11-13-32(14-12-31)28(34)36-26-9-7-25(8-10-26)29-16-23-15-24(17-29)19-30(18-23,21-29)27(33)35-20-22-5-3-2-4-6-22/h2-10,23-24H,11-21H2,1H3. The molecule has 6 nitrogen and oxygen atoms in total. The summed E-state index contributed by atoms with van der Waals surface area (Å²) < 4.78 is 11.6. The zero-order valence-electron chi connectivity index (χ0n) is 21.2. The van der Waals surface area contributed by atoms with Crippen LogP contribution in [0.2, 0.25) is 0 Å². The summed E-state index contributed by atoms with van der Waals surface area (Å²) in [4.78, 5) is 30.1. The van der Waals surface area contributed by atoms with Gasteiger partial charge in [0.05, 0.1) is 5.41 Å². The minimum absolute atomic E-state index is 0.00977. The van der Waals surface area contributed by atoms with Crippen LogP contribution >= 0.6 is 0 Å². The summed E-state index contributed by atoms with van der Waals surface area (Å²) in [6.07, 6.45) is 6.01. The fourth-order valence-corrected chi connectivity index (χ4v) is 7.75. The number of ether oxygens (including phenoxy) is 2. The first-order valence-electron chi connectivity index (χ1n) is 13.4. The Kier molecular flexibility index (Phi) is 6.03. The van der Waals surface area contributed by atoms with Gasteiger partial charge in [0.25, 0.3) is 0 Å². The number of rotatable bonds is 5. The molecule has 1 saturated heterocycles. The van der Waals surface area contributed by atoms with E-state index in [1.54, 1.807) is 4.90 Å². The summed E-state index contributed by atoms with van der Waals surface area (Å²) in [5.41, 5.74) is 1.95. The molecule has 0 spiro atoms. The molecule has 4 bridgehead atoms. The van der Waals surface area contributed by atoms with Crippen LogP contribution in [0.25, 0.3) is 0 Å². The van der Waals surface area contributed by atoms with Crippen LogP contribution in [-0.4, -0.2) is 55.1 Å². The highest BCUT2D eigenvalue weighted by molar-refractivity contribution is 5.78. The number of benzene rings is 2. The summed E-state index contributed by atoms with van der Waals surface area (Å²) in [7, 11) is 2.07. The van der Waals surface area contributed by atoms with Gasteiger partial charge in [0.1, 0.15) is 12.4 Å². The zero-order chi connectivity index (χ0) is 24.8. The molecule has 2 aromatic carbocycles. The number of hydrogen-bond donors (Lipinski definition) is 0. The van der Waals surface area contributed by atoms with Crippen molar-refractivity contribution in [1.29, 1.82) is 0 Å². The highest BCUT2D eigenvalue weighted by Gasteiger charge is 2.61. The Balaban J connectivity index is 1.15. The van der Waals surface area contributed by atoms with Crippen molar-refractivity contribution in [2.45, 2.75) is 50.5 Å². The first kappa shape index (κ1) is 23.5. The van der Waals surface area contributed by atoms with Gasteiger partial charge in [-0.05, 0) is 86.1 Å². The number of amides is 1. The molecule has 1 amide bonds. The molecule has 2 atom stereocenters. The lowest BCUT2D eigenvalue weighted by Crippen LogP contribution is -2.57. The van der Waals surface area contributed by atoms with Gasteiger partial charge in [-0.2, -0.15) is 0 Å². The lowest BCUT2D eigenvalue weighted by molar-refractivity contribution is -0.175. The number of nitrogens with zero attached hydrogens (tertiary/aromatic N) is 2. The molecule has 0 aromatic heterocycles. The van der Waals surface area contributed by atoms with E-state index < -0.39 is 0 Å². The van der Waals surface area contributed by atoms with Gasteiger partial charge < -0.3 is 19.3 Å². The van der Waals surface area contributed by atoms with Gasteiger partial charge in [-0.3, -0.25) is 4.79 Å². The summed E-state index contributed by atoms with van der Waals surface area (Å²) in [5.74, 6) is 1.72. The second kappa shape index (κ2) is 9.22. The van der Waals surface area contributed by atoms with E-state index in [4.69, 9.17) is 9.47 Å². The van der Waals surface area contributed by atoms with Gasteiger partial charge in [0.2, 0.25) is 0 Å². The zero-order valence-corrected chi connectivity index (χ0v) is 21.2. The van der Waals surface area contributed by atoms with Crippen molar-refractivity contribution in [3.63, 3.8) is 0 Å². The SMILES string of the molecule is CN1CCN(C(=O)Oc2ccc(C34CC5CC(CC(C(=O)OCc6ccccc6)(C5)C3)C4)cc2)CC1. The predicted octanol–water partition coefficient (Wildman–Crippen LogP) is 5.01. The Bertz CT molecular complexity index is 1090. The van der Waals surface area contributed by atoms with Crippen molar-refractivity contribution in [3.8, 4) is 5.75 Å². The van der Waals surface area contributed by atoms with E-state index in [1.165, 1.54) is 12.0 Å². The van der Waals surface area contributed by atoms with E-state index in [-0.39, 0.29) is 22.9 Å². The third-order valence-corrected chi connectivity index (χ3v) is 9.14. The number of piperazine rings is 1. The van der Waals surface area contributed by atoms with Crippen molar-refractivity contribution in [2.75, 3.05) is 33.2 Å². The lowest BCUT2D eigenvalue weighted by atomic mass is 9.43. The minimum atomic E-state index is -0.370. The molecule has 4 aliphatic carbocycles. The van der Waals surface area contributed by atoms with Crippen LogP contribution in [0.1, 0.15) is 49.7 Å². The molecule has 2 aromatic rings. The van der Waals surface area contributed by atoms with Gasteiger partial charge >= 0.3 is 12.1 Å². The van der Waals surface area contributed by atoms with Crippen LogP contribution in [-0.2, 0) is 21.6 Å². The Labute approximate surface area is 213 Å². The normalized spacial score (nSPS) is 31.3. The molecule has 5 fully saturated rings. The molecule has 5 aliphatic rings. The van der Waals surface area contributed by atoms with Crippen molar-refractivity contribution in [1.82, 2.24) is 9.80 Å². The number of carbonyl (C=O) groups excluding carboxylic acids is 2. The van der Waals surface area contributed by atoms with Crippen LogP contribution in [0, 0.1) is 17.3 Å². The summed E-state index contributed by atoms with van der Waals surface area (Å²) in [6, 6.07) is 18.1. The molecule has 6 heteroatoms. The third kappa shape index (κ3) is 4.40. The summed E-state index contributed by atoms with van der Waals surface area (Å²) >= 11 is 0. The molecule has 36 heavy (non-hydrogen) atoms. The second-order valence-corrected chi connectivity index (χ2v) is 11.8. The second-order valence-electron chi connectivity index (χ2n) is 11.8. The van der Waals surface area contributed by atoms with Crippen molar-refractivity contribution in [2.24, 2.45) is 17.3 Å². The molecule has 4 saturated carbocycles. The van der Waals surface area contributed by atoms with E-state index in [9.17, 15) is 9.59 Å². The van der Waals surface area contributed by atoms with Gasteiger partial charge in [-0.1, -0.05) is 42.5 Å². The quantitative estimate of drug-likeness (QED) is 0.554. The minimum Gasteiger partial charge on any atom is -0.460 e. The average Bonchev–Trinajstić information content (AvgIpc) is 2.88. The molecular weight excluding hydrogens is 452 g/mol. The van der Waals surface area contributed by atoms with Crippen LogP contribution in [0.5, 0.6) is 5.75 Å². The molecule has 0 radical (unpaired) electrons. The fourth-order valence-electron chi connectivity index (χ4n) is 7.75. The van der Waals surface area contributed by atoms with Gasteiger partial charge in [-0.25, -0.2) is 4.79 Å². The van der Waals surface area contributed by atoms with Crippen molar-refractivity contribution in [3.05, 3.63) is 65.7 Å². The number of carbonyl (C=O) groups is 2. The Morgan fingerprint density at radius 3 is 2.22 bits per heavy atom. The predicted molar refractivity (Wildman–Crippen MR) is 137 cm³/mol. The molecular formula is C30H36N2O4. The van der Waals surface area contributed by atoms with E-state index in [2.05, 4.69) is 24.1 Å². The largest absolute Gasteiger partial charge is 0.460 e. The molecule has 190 valence electrons. The monoisotopic (exact) mass is 488 g/mol. The van der Waals surface area contributed by atoms with Crippen molar-refractivity contribution >= 4 is 12.1 Å². The fraction of sp³-hybridized carbons (Fsp3) is 0.533. The highest BCUT2D eigenvalue weighted by Crippen LogP contribution is 2.66. The molecule has 1 heterocycles. The van der Waals surface area contributed by atoms with Gasteiger partial charge in [0, 0.05) is 26.2 Å². The lowest BCUT2D eigenvalue weighted by Gasteiger charge is -2.61. The van der Waals surface area contributed by atoms with Crippen LogP contribution in [0.3, 0.4) is 0 Å². The Morgan fingerprint density at radius 2 is 1.56 bits per heavy atom. The van der Waals surface area contributed by atoms with Crippen molar-refractivity contribution < 1.29 is 19.1 Å². The molecule has 2 unspecified atom stereocenters. The van der Waals surface area contributed by atoms with Crippen LogP contribution in [0.4, 0.5) is 4.79 Å². The molecule has 1 aliphatic heterocycles. The maximum absolute atomic E-state index is 13.5. The Morgan fingerprint density at radius 1 is 0.889 bits per heavy atom. The molecule has 7 rings (SSSR count). The van der Waals surface area contributed by atoms with E-state index in [1.807, 2.05) is 42.5 Å². The third-order valence-electron chi connectivity index (χ3n) is 9.14. The number of hydrogen-bond acceptors (Lipinski definition) is 5. The van der Waals surface area contributed by atoms with E-state index >= 15 is 0 Å². The maximum Gasteiger partial charge on any atom is 0.415 e. The average molecular weight is 489 g/mol. The van der Waals surface area contributed by atoms with E-state index in [0.29, 0.717) is 37.3 Å². The first-order valence-corrected chi connectivity index (χ1v) is 13.4. The van der Waals surface area contributed by atoms with Crippen LogP contribution < -0.4 is 4.74 Å². The molecule has 0 N–H and O–H groups in total.